The first kappa shape index (κ1) is 23.6. The van der Waals surface area contributed by atoms with Crippen molar-refractivity contribution in [3.63, 3.8) is 0 Å². The van der Waals surface area contributed by atoms with Crippen LogP contribution in [0, 0.1) is 18.3 Å². The molecule has 0 saturated carbocycles. The zero-order chi connectivity index (χ0) is 22.3. The summed E-state index contributed by atoms with van der Waals surface area (Å²) in [6, 6.07) is 14.0. The molecule has 160 valence electrons. The number of aryl methyl sites for hydroxylation is 1. The molecular weight excluding hydrogens is 398 g/mol. The van der Waals surface area contributed by atoms with E-state index in [-0.39, 0.29) is 10.8 Å². The third kappa shape index (κ3) is 5.26. The molecule has 0 heterocycles. The molecular formula is C23H29N3O3S. The molecule has 0 aliphatic rings. The van der Waals surface area contributed by atoms with E-state index in [1.54, 1.807) is 43.0 Å². The Balaban J connectivity index is 2.39. The SMILES string of the molecule is CCCN(Cc1ccc(C#N)cc1)C(=O)c1cc(S(=O)(=O)N(CC)CC)ccc1C. The van der Waals surface area contributed by atoms with E-state index in [0.29, 0.717) is 37.3 Å². The summed E-state index contributed by atoms with van der Waals surface area (Å²) < 4.78 is 27.2. The van der Waals surface area contributed by atoms with Crippen molar-refractivity contribution < 1.29 is 13.2 Å². The molecule has 0 unspecified atom stereocenters. The molecule has 0 spiro atoms. The van der Waals surface area contributed by atoms with Gasteiger partial charge in [-0.15, -0.1) is 0 Å². The lowest BCUT2D eigenvalue weighted by molar-refractivity contribution is 0.0742. The van der Waals surface area contributed by atoms with Gasteiger partial charge in [0.15, 0.2) is 0 Å². The van der Waals surface area contributed by atoms with Gasteiger partial charge in [0.1, 0.15) is 0 Å². The second kappa shape index (κ2) is 10.4. The monoisotopic (exact) mass is 427 g/mol. The highest BCUT2D eigenvalue weighted by atomic mass is 32.2. The van der Waals surface area contributed by atoms with Crippen LogP contribution in [-0.2, 0) is 16.6 Å². The van der Waals surface area contributed by atoms with Crippen molar-refractivity contribution in [1.29, 1.82) is 5.26 Å². The van der Waals surface area contributed by atoms with Crippen LogP contribution in [-0.4, -0.2) is 43.2 Å². The summed E-state index contributed by atoms with van der Waals surface area (Å²) >= 11 is 0. The van der Waals surface area contributed by atoms with Gasteiger partial charge in [0, 0.05) is 31.7 Å². The van der Waals surface area contributed by atoms with E-state index in [0.717, 1.165) is 17.5 Å². The summed E-state index contributed by atoms with van der Waals surface area (Å²) in [7, 11) is -3.65. The Labute approximate surface area is 179 Å². The van der Waals surface area contributed by atoms with E-state index in [4.69, 9.17) is 5.26 Å². The maximum Gasteiger partial charge on any atom is 0.254 e. The van der Waals surface area contributed by atoms with Gasteiger partial charge in [-0.1, -0.05) is 39.0 Å². The number of rotatable bonds is 9. The molecule has 0 fully saturated rings. The first-order chi connectivity index (χ1) is 14.3. The van der Waals surface area contributed by atoms with Crippen molar-refractivity contribution in [2.24, 2.45) is 0 Å². The summed E-state index contributed by atoms with van der Waals surface area (Å²) in [5, 5.41) is 8.96. The normalized spacial score (nSPS) is 11.3. The first-order valence-corrected chi connectivity index (χ1v) is 11.6. The topological polar surface area (TPSA) is 81.5 Å². The van der Waals surface area contributed by atoms with Crippen LogP contribution in [0.25, 0.3) is 0 Å². The van der Waals surface area contributed by atoms with Crippen molar-refractivity contribution in [3.05, 3.63) is 64.7 Å². The third-order valence-corrected chi connectivity index (χ3v) is 7.07. The quantitative estimate of drug-likeness (QED) is 0.607. The summed E-state index contributed by atoms with van der Waals surface area (Å²) in [4.78, 5) is 15.2. The van der Waals surface area contributed by atoms with E-state index < -0.39 is 10.0 Å². The lowest BCUT2D eigenvalue weighted by atomic mass is 10.1. The molecule has 0 radical (unpaired) electrons. The largest absolute Gasteiger partial charge is 0.334 e. The second-order valence-corrected chi connectivity index (χ2v) is 9.04. The van der Waals surface area contributed by atoms with Gasteiger partial charge < -0.3 is 4.90 Å². The number of hydrogen-bond acceptors (Lipinski definition) is 4. The Morgan fingerprint density at radius 3 is 2.20 bits per heavy atom. The minimum absolute atomic E-state index is 0.134. The Bertz CT molecular complexity index is 1020. The molecule has 30 heavy (non-hydrogen) atoms. The highest BCUT2D eigenvalue weighted by molar-refractivity contribution is 7.89. The molecule has 0 aromatic heterocycles. The Hall–Kier alpha value is -2.69. The number of carbonyl (C=O) groups is 1. The molecule has 2 aromatic rings. The van der Waals surface area contributed by atoms with E-state index >= 15 is 0 Å². The van der Waals surface area contributed by atoms with Crippen LogP contribution in [0.2, 0.25) is 0 Å². The van der Waals surface area contributed by atoms with E-state index in [9.17, 15) is 13.2 Å². The molecule has 1 amide bonds. The molecule has 0 atom stereocenters. The highest BCUT2D eigenvalue weighted by Crippen LogP contribution is 2.22. The van der Waals surface area contributed by atoms with Crippen LogP contribution in [0.15, 0.2) is 47.4 Å². The van der Waals surface area contributed by atoms with Crippen molar-refractivity contribution in [2.75, 3.05) is 19.6 Å². The van der Waals surface area contributed by atoms with Crippen LogP contribution in [0.3, 0.4) is 0 Å². The molecule has 0 bridgehead atoms. The van der Waals surface area contributed by atoms with Crippen LogP contribution >= 0.6 is 0 Å². The predicted molar refractivity (Wildman–Crippen MR) is 117 cm³/mol. The van der Waals surface area contributed by atoms with Gasteiger partial charge in [0.05, 0.1) is 16.5 Å². The molecule has 7 heteroatoms. The summed E-state index contributed by atoms with van der Waals surface area (Å²) in [6.07, 6.45) is 0.776. The fraction of sp³-hybridized carbons (Fsp3) is 0.391. The van der Waals surface area contributed by atoms with Crippen LogP contribution < -0.4 is 0 Å². The molecule has 0 aliphatic carbocycles. The van der Waals surface area contributed by atoms with Gasteiger partial charge in [0.25, 0.3) is 5.91 Å². The van der Waals surface area contributed by atoms with E-state index in [1.165, 1.54) is 10.4 Å². The minimum Gasteiger partial charge on any atom is -0.334 e. The fourth-order valence-corrected chi connectivity index (χ4v) is 4.79. The van der Waals surface area contributed by atoms with Gasteiger partial charge >= 0.3 is 0 Å². The number of hydrogen-bond donors (Lipinski definition) is 0. The molecule has 2 rings (SSSR count). The maximum atomic E-state index is 13.3. The molecule has 2 aromatic carbocycles. The van der Waals surface area contributed by atoms with E-state index in [1.807, 2.05) is 26.0 Å². The molecule has 0 N–H and O–H groups in total. The highest BCUT2D eigenvalue weighted by Gasteiger charge is 2.25. The fourth-order valence-electron chi connectivity index (χ4n) is 3.30. The number of nitrogens with zero attached hydrogens (tertiary/aromatic N) is 3. The average molecular weight is 428 g/mol. The molecule has 6 nitrogen and oxygen atoms in total. The lowest BCUT2D eigenvalue weighted by Gasteiger charge is -2.24. The van der Waals surface area contributed by atoms with Crippen molar-refractivity contribution in [3.8, 4) is 6.07 Å². The van der Waals surface area contributed by atoms with Crippen LogP contribution in [0.4, 0.5) is 0 Å². The number of carbonyl (C=O) groups excluding carboxylic acids is 1. The number of amides is 1. The number of benzene rings is 2. The van der Waals surface area contributed by atoms with Crippen molar-refractivity contribution in [1.82, 2.24) is 9.21 Å². The minimum atomic E-state index is -3.65. The third-order valence-electron chi connectivity index (χ3n) is 5.02. The Morgan fingerprint density at radius 1 is 1.03 bits per heavy atom. The van der Waals surface area contributed by atoms with Gasteiger partial charge in [-0.2, -0.15) is 9.57 Å². The molecule has 0 saturated heterocycles. The van der Waals surface area contributed by atoms with Gasteiger partial charge in [-0.05, 0) is 48.7 Å². The van der Waals surface area contributed by atoms with Crippen molar-refractivity contribution >= 4 is 15.9 Å². The standard InChI is InChI=1S/C23H29N3O3S/c1-5-14-25(17-20-11-9-19(16-24)10-12-20)23(27)22-15-21(13-8-18(22)4)30(28,29)26(6-2)7-3/h8-13,15H,5-7,14,17H2,1-4H3. The number of sulfonamides is 1. The first-order valence-electron chi connectivity index (χ1n) is 10.2. The lowest BCUT2D eigenvalue weighted by Crippen LogP contribution is -2.33. The molecule has 0 aliphatic heterocycles. The zero-order valence-electron chi connectivity index (χ0n) is 18.1. The predicted octanol–water partition coefficient (Wildman–Crippen LogP) is 3.95. The smallest absolute Gasteiger partial charge is 0.254 e. The average Bonchev–Trinajstić information content (AvgIpc) is 2.74. The van der Waals surface area contributed by atoms with Crippen LogP contribution in [0.1, 0.15) is 54.2 Å². The van der Waals surface area contributed by atoms with Crippen molar-refractivity contribution in [2.45, 2.75) is 45.6 Å². The zero-order valence-corrected chi connectivity index (χ0v) is 18.9. The summed E-state index contributed by atoms with van der Waals surface area (Å²) in [5.74, 6) is -0.199. The second-order valence-electron chi connectivity index (χ2n) is 7.10. The summed E-state index contributed by atoms with van der Waals surface area (Å²) in [5.41, 5.74) is 2.61. The van der Waals surface area contributed by atoms with Crippen LogP contribution in [0.5, 0.6) is 0 Å². The Morgan fingerprint density at radius 2 is 1.67 bits per heavy atom. The Kier molecular flexibility index (Phi) is 8.16. The van der Waals surface area contributed by atoms with Gasteiger partial charge in [0.2, 0.25) is 10.0 Å². The van der Waals surface area contributed by atoms with E-state index in [2.05, 4.69) is 6.07 Å². The summed E-state index contributed by atoms with van der Waals surface area (Å²) in [6.45, 7) is 9.08. The van der Waals surface area contributed by atoms with Gasteiger partial charge in [-0.3, -0.25) is 4.79 Å². The van der Waals surface area contributed by atoms with Gasteiger partial charge in [-0.25, -0.2) is 8.42 Å². The maximum absolute atomic E-state index is 13.3. The number of nitriles is 1.